The van der Waals surface area contributed by atoms with Gasteiger partial charge in [-0.15, -0.1) is 0 Å². The number of Topliss-reactive ketones (excluding diaryl/α,β-unsaturated/α-hetero) is 1. The Labute approximate surface area is 205 Å². The average Bonchev–Trinajstić information content (AvgIpc) is 3.36. The maximum absolute atomic E-state index is 13.4. The van der Waals surface area contributed by atoms with Crippen molar-refractivity contribution in [1.82, 2.24) is 4.98 Å². The Morgan fingerprint density at radius 3 is 2.65 bits per heavy atom. The second-order valence-electron chi connectivity index (χ2n) is 8.27. The van der Waals surface area contributed by atoms with Crippen LogP contribution in [0.2, 0.25) is 5.02 Å². The zero-order valence-electron chi connectivity index (χ0n) is 18.4. The van der Waals surface area contributed by atoms with Crippen molar-refractivity contribution in [2.45, 2.75) is 25.8 Å². The molecule has 5 rings (SSSR count). The monoisotopic (exact) mass is 488 g/mol. The van der Waals surface area contributed by atoms with Crippen molar-refractivity contribution in [3.63, 3.8) is 0 Å². The van der Waals surface area contributed by atoms with Crippen molar-refractivity contribution >= 4 is 50.0 Å². The Hall–Kier alpha value is -3.48. The number of hydrogen-bond donors (Lipinski definition) is 1. The third-order valence-electron chi connectivity index (χ3n) is 5.90. The summed E-state index contributed by atoms with van der Waals surface area (Å²) in [7, 11) is 0. The Morgan fingerprint density at radius 2 is 1.88 bits per heavy atom. The summed E-state index contributed by atoms with van der Waals surface area (Å²) in [4.78, 5) is 32.8. The average molecular weight is 489 g/mol. The van der Waals surface area contributed by atoms with E-state index in [2.05, 4.69) is 4.98 Å². The smallest absolute Gasteiger partial charge is 0.296 e. The third kappa shape index (κ3) is 4.11. The van der Waals surface area contributed by atoms with Gasteiger partial charge in [0.05, 0.1) is 21.8 Å². The highest BCUT2D eigenvalue weighted by Crippen LogP contribution is 2.44. The van der Waals surface area contributed by atoms with Gasteiger partial charge in [0.15, 0.2) is 16.7 Å². The lowest BCUT2D eigenvalue weighted by Crippen LogP contribution is -2.31. The molecule has 0 saturated carbocycles. The fraction of sp³-hybridized carbons (Fsp3) is 0.148. The molecule has 0 radical (unpaired) electrons. The molecule has 1 atom stereocenters. The number of halogens is 1. The number of carbonyl (C=O) groups excluding carboxylic acids is 2. The molecule has 1 unspecified atom stereocenters. The molecule has 34 heavy (non-hydrogen) atoms. The van der Waals surface area contributed by atoms with E-state index in [1.165, 1.54) is 16.2 Å². The van der Waals surface area contributed by atoms with E-state index in [1.54, 1.807) is 18.2 Å². The van der Waals surface area contributed by atoms with Gasteiger partial charge in [0, 0.05) is 11.4 Å². The second kappa shape index (κ2) is 9.05. The maximum atomic E-state index is 13.4. The van der Waals surface area contributed by atoms with E-state index < -0.39 is 17.7 Å². The van der Waals surface area contributed by atoms with Crippen LogP contribution in [0, 0.1) is 6.92 Å². The molecule has 0 fully saturated rings. The molecule has 1 aliphatic heterocycles. The van der Waals surface area contributed by atoms with Crippen LogP contribution in [0.1, 0.15) is 29.2 Å². The number of carbonyl (C=O) groups is 2. The molecule has 5 nitrogen and oxygen atoms in total. The fourth-order valence-electron chi connectivity index (χ4n) is 4.27. The van der Waals surface area contributed by atoms with E-state index >= 15 is 0 Å². The van der Waals surface area contributed by atoms with E-state index in [1.807, 2.05) is 61.5 Å². The number of nitrogens with zero attached hydrogens (tertiary/aromatic N) is 2. The number of rotatable bonds is 6. The topological polar surface area (TPSA) is 70.5 Å². The van der Waals surface area contributed by atoms with Crippen LogP contribution in [0.3, 0.4) is 0 Å². The summed E-state index contributed by atoms with van der Waals surface area (Å²) in [5, 5.41) is 11.9. The van der Waals surface area contributed by atoms with Gasteiger partial charge in [0.2, 0.25) is 0 Å². The van der Waals surface area contributed by atoms with E-state index in [4.69, 9.17) is 11.6 Å². The highest BCUT2D eigenvalue weighted by Gasteiger charge is 2.45. The number of aliphatic hydroxyl groups excluding tert-OH is 1. The number of amides is 1. The first-order valence-electron chi connectivity index (χ1n) is 10.9. The van der Waals surface area contributed by atoms with Gasteiger partial charge in [-0.2, -0.15) is 0 Å². The van der Waals surface area contributed by atoms with Crippen LogP contribution in [0.15, 0.2) is 84.1 Å². The summed E-state index contributed by atoms with van der Waals surface area (Å²) < 4.78 is 0.821. The van der Waals surface area contributed by atoms with Crippen LogP contribution in [-0.2, 0) is 16.0 Å². The van der Waals surface area contributed by atoms with Crippen LogP contribution in [0.5, 0.6) is 0 Å². The third-order valence-corrected chi connectivity index (χ3v) is 7.15. The number of aliphatic hydroxyl groups is 1. The zero-order valence-corrected chi connectivity index (χ0v) is 19.9. The summed E-state index contributed by atoms with van der Waals surface area (Å²) in [5.74, 6) is -1.39. The minimum Gasteiger partial charge on any atom is -0.503 e. The minimum atomic E-state index is -0.758. The Bertz CT molecular complexity index is 1440. The lowest BCUT2D eigenvalue weighted by Gasteiger charge is -2.24. The van der Waals surface area contributed by atoms with Gasteiger partial charge in [-0.3, -0.25) is 14.5 Å². The molecule has 1 N–H and O–H groups in total. The molecule has 2 heterocycles. The molecule has 1 amide bonds. The van der Waals surface area contributed by atoms with E-state index in [9.17, 15) is 14.7 Å². The number of benzene rings is 3. The second-order valence-corrected chi connectivity index (χ2v) is 9.72. The van der Waals surface area contributed by atoms with Gasteiger partial charge in [0.1, 0.15) is 0 Å². The summed E-state index contributed by atoms with van der Waals surface area (Å²) >= 11 is 7.44. The molecule has 0 aliphatic carbocycles. The SMILES string of the molecule is Cc1cccc(C2C(C(=O)CCc3ccccc3)=C(O)C(=O)N2c2nc3ccc(Cl)cc3s2)c1. The van der Waals surface area contributed by atoms with E-state index in [-0.39, 0.29) is 17.8 Å². The van der Waals surface area contributed by atoms with Crippen molar-refractivity contribution in [2.24, 2.45) is 0 Å². The predicted molar refractivity (Wildman–Crippen MR) is 135 cm³/mol. The van der Waals surface area contributed by atoms with Crippen molar-refractivity contribution in [3.8, 4) is 0 Å². The van der Waals surface area contributed by atoms with Gasteiger partial charge in [-0.25, -0.2) is 4.98 Å². The first-order chi connectivity index (χ1) is 16.4. The Balaban J connectivity index is 1.56. The molecule has 7 heteroatoms. The zero-order chi connectivity index (χ0) is 23.8. The number of anilines is 1. The number of aryl methyl sites for hydroxylation is 2. The number of fused-ring (bicyclic) bond motifs is 1. The molecular formula is C27H21ClN2O3S. The van der Waals surface area contributed by atoms with E-state index in [0.29, 0.717) is 22.1 Å². The molecule has 0 bridgehead atoms. The van der Waals surface area contributed by atoms with Crippen molar-refractivity contribution in [1.29, 1.82) is 0 Å². The van der Waals surface area contributed by atoms with Crippen LogP contribution in [0.25, 0.3) is 10.2 Å². The first-order valence-corrected chi connectivity index (χ1v) is 12.1. The summed E-state index contributed by atoms with van der Waals surface area (Å²) in [6, 6.07) is 21.9. The van der Waals surface area contributed by atoms with E-state index in [0.717, 1.165) is 21.4 Å². The predicted octanol–water partition coefficient (Wildman–Crippen LogP) is 6.36. The lowest BCUT2D eigenvalue weighted by atomic mass is 9.92. The van der Waals surface area contributed by atoms with Crippen molar-refractivity contribution in [3.05, 3.63) is 106 Å². The lowest BCUT2D eigenvalue weighted by molar-refractivity contribution is -0.118. The molecule has 1 aliphatic rings. The molecule has 1 aromatic heterocycles. The van der Waals surface area contributed by atoms with Crippen molar-refractivity contribution in [2.75, 3.05) is 4.90 Å². The number of thiazole rings is 1. The van der Waals surface area contributed by atoms with Gasteiger partial charge < -0.3 is 5.11 Å². The molecule has 3 aromatic carbocycles. The summed E-state index contributed by atoms with van der Waals surface area (Å²) in [5.41, 5.74) is 3.57. The van der Waals surface area contributed by atoms with Crippen LogP contribution in [-0.4, -0.2) is 21.8 Å². The minimum absolute atomic E-state index is 0.115. The molecule has 0 spiro atoms. The summed E-state index contributed by atoms with van der Waals surface area (Å²) in [6.07, 6.45) is 0.702. The number of hydrogen-bond acceptors (Lipinski definition) is 5. The highest BCUT2D eigenvalue weighted by atomic mass is 35.5. The number of aromatic nitrogens is 1. The van der Waals surface area contributed by atoms with Crippen molar-refractivity contribution < 1.29 is 14.7 Å². The van der Waals surface area contributed by atoms with Gasteiger partial charge in [-0.1, -0.05) is 83.1 Å². The van der Waals surface area contributed by atoms with Gasteiger partial charge in [-0.05, 0) is 42.7 Å². The van der Waals surface area contributed by atoms with Crippen LogP contribution < -0.4 is 4.90 Å². The fourth-order valence-corrected chi connectivity index (χ4v) is 5.54. The molecular weight excluding hydrogens is 468 g/mol. The summed E-state index contributed by atoms with van der Waals surface area (Å²) in [6.45, 7) is 1.95. The van der Waals surface area contributed by atoms with Crippen LogP contribution >= 0.6 is 22.9 Å². The first kappa shape index (κ1) is 22.3. The quantitative estimate of drug-likeness (QED) is 0.343. The maximum Gasteiger partial charge on any atom is 0.296 e. The van der Waals surface area contributed by atoms with Crippen LogP contribution in [0.4, 0.5) is 5.13 Å². The molecule has 0 saturated heterocycles. The molecule has 4 aromatic rings. The Morgan fingerprint density at radius 1 is 1.09 bits per heavy atom. The highest BCUT2D eigenvalue weighted by molar-refractivity contribution is 7.22. The standard InChI is InChI=1S/C27H21ClN2O3S/c1-16-6-5-9-18(14-16)24-23(21(31)13-10-17-7-3-2-4-8-17)25(32)26(33)30(24)27-29-20-12-11-19(28)15-22(20)34-27/h2-9,11-12,14-15,24,32H,10,13H2,1H3. The van der Waals surface area contributed by atoms with Gasteiger partial charge >= 0.3 is 0 Å². The number of ketones is 1. The normalized spacial score (nSPS) is 16.0. The van der Waals surface area contributed by atoms with Gasteiger partial charge in [0.25, 0.3) is 5.91 Å². The molecule has 170 valence electrons. The Kier molecular flexibility index (Phi) is 5.94. The largest absolute Gasteiger partial charge is 0.503 e.